The predicted octanol–water partition coefficient (Wildman–Crippen LogP) is 3.54. The highest BCUT2D eigenvalue weighted by Crippen LogP contribution is 2.24. The van der Waals surface area contributed by atoms with Crippen molar-refractivity contribution in [3.05, 3.63) is 35.6 Å². The summed E-state index contributed by atoms with van der Waals surface area (Å²) in [6.07, 6.45) is 0. The second kappa shape index (κ2) is 9.23. The van der Waals surface area contributed by atoms with Crippen molar-refractivity contribution in [3.8, 4) is 0 Å². The Morgan fingerprint density at radius 1 is 1.24 bits per heavy atom. The number of aliphatic imine (C=N–C) groups is 1. The summed E-state index contributed by atoms with van der Waals surface area (Å²) < 4.78 is 13.9. The van der Waals surface area contributed by atoms with Gasteiger partial charge in [0.05, 0.1) is 0 Å². The fraction of sp³-hybridized carbons (Fsp3) is 0.562. The van der Waals surface area contributed by atoms with E-state index in [2.05, 4.69) is 29.5 Å². The van der Waals surface area contributed by atoms with E-state index in [9.17, 15) is 4.39 Å². The lowest BCUT2D eigenvalue weighted by molar-refractivity contribution is 0.472. The molecule has 5 heteroatoms. The number of nitrogens with one attached hydrogen (secondary N) is 2. The van der Waals surface area contributed by atoms with Crippen LogP contribution in [0.5, 0.6) is 0 Å². The van der Waals surface area contributed by atoms with Gasteiger partial charge in [-0.2, -0.15) is 0 Å². The number of hydrogen-bond acceptors (Lipinski definition) is 1. The number of hydrogen-bond donors (Lipinski definition) is 2. The zero-order valence-electron chi connectivity index (χ0n) is 13.5. The number of nitrogens with zero attached hydrogens (tertiary/aromatic N) is 1. The highest BCUT2D eigenvalue weighted by atomic mass is 127. The van der Waals surface area contributed by atoms with E-state index in [1.54, 1.807) is 13.1 Å². The SMILES string of the molecule is CN=C(NCC(C)C)NCC(C)(C)c1ccccc1F.I. The summed E-state index contributed by atoms with van der Waals surface area (Å²) in [5.74, 6) is 1.14. The van der Waals surface area contributed by atoms with Crippen molar-refractivity contribution < 1.29 is 4.39 Å². The summed E-state index contributed by atoms with van der Waals surface area (Å²) in [6.45, 7) is 9.81. The van der Waals surface area contributed by atoms with Crippen molar-refractivity contribution in [1.82, 2.24) is 10.6 Å². The molecule has 0 saturated heterocycles. The van der Waals surface area contributed by atoms with Gasteiger partial charge in [0.15, 0.2) is 5.96 Å². The predicted molar refractivity (Wildman–Crippen MR) is 99.0 cm³/mol. The zero-order valence-corrected chi connectivity index (χ0v) is 15.9. The fourth-order valence-corrected chi connectivity index (χ4v) is 1.93. The van der Waals surface area contributed by atoms with Gasteiger partial charge in [-0.1, -0.05) is 45.9 Å². The van der Waals surface area contributed by atoms with E-state index in [1.807, 2.05) is 26.0 Å². The summed E-state index contributed by atoms with van der Waals surface area (Å²) in [7, 11) is 1.74. The molecule has 1 aromatic carbocycles. The minimum absolute atomic E-state index is 0. The molecular formula is C16H27FIN3. The molecule has 120 valence electrons. The molecule has 0 aromatic heterocycles. The van der Waals surface area contributed by atoms with Crippen LogP contribution in [0.4, 0.5) is 4.39 Å². The molecule has 0 aliphatic carbocycles. The van der Waals surface area contributed by atoms with E-state index in [0.29, 0.717) is 18.0 Å². The number of halogens is 2. The highest BCUT2D eigenvalue weighted by Gasteiger charge is 2.24. The van der Waals surface area contributed by atoms with Crippen molar-refractivity contribution in [1.29, 1.82) is 0 Å². The topological polar surface area (TPSA) is 36.4 Å². The van der Waals surface area contributed by atoms with Crippen molar-refractivity contribution in [2.75, 3.05) is 20.1 Å². The monoisotopic (exact) mass is 407 g/mol. The molecule has 0 fully saturated rings. The molecule has 0 amide bonds. The Bertz CT molecular complexity index is 459. The Morgan fingerprint density at radius 2 is 1.86 bits per heavy atom. The van der Waals surface area contributed by atoms with Gasteiger partial charge >= 0.3 is 0 Å². The average Bonchev–Trinajstić information content (AvgIpc) is 2.39. The minimum atomic E-state index is -0.305. The van der Waals surface area contributed by atoms with E-state index < -0.39 is 0 Å². The second-order valence-corrected chi connectivity index (χ2v) is 6.06. The lowest BCUT2D eigenvalue weighted by Gasteiger charge is -2.27. The molecule has 0 heterocycles. The molecule has 0 saturated carbocycles. The Morgan fingerprint density at radius 3 is 2.38 bits per heavy atom. The Hall–Kier alpha value is -0.850. The lowest BCUT2D eigenvalue weighted by atomic mass is 9.84. The Kier molecular flexibility index (Phi) is 8.85. The van der Waals surface area contributed by atoms with Crippen LogP contribution in [0, 0.1) is 11.7 Å². The maximum Gasteiger partial charge on any atom is 0.191 e. The molecule has 0 bridgehead atoms. The third-order valence-corrected chi connectivity index (χ3v) is 3.20. The van der Waals surface area contributed by atoms with Crippen LogP contribution < -0.4 is 10.6 Å². The van der Waals surface area contributed by atoms with Gasteiger partial charge in [-0.3, -0.25) is 4.99 Å². The van der Waals surface area contributed by atoms with E-state index >= 15 is 0 Å². The number of benzene rings is 1. The lowest BCUT2D eigenvalue weighted by Crippen LogP contribution is -2.44. The Balaban J connectivity index is 0.00000400. The molecule has 0 radical (unpaired) electrons. The van der Waals surface area contributed by atoms with Crippen LogP contribution in [0.25, 0.3) is 0 Å². The van der Waals surface area contributed by atoms with Crippen LogP contribution in [0.15, 0.2) is 29.3 Å². The maximum atomic E-state index is 13.9. The zero-order chi connectivity index (χ0) is 15.2. The van der Waals surface area contributed by atoms with E-state index in [-0.39, 0.29) is 35.2 Å². The fourth-order valence-electron chi connectivity index (χ4n) is 1.93. The third kappa shape index (κ3) is 6.63. The van der Waals surface area contributed by atoms with Gasteiger partial charge < -0.3 is 10.6 Å². The summed E-state index contributed by atoms with van der Waals surface area (Å²) in [5, 5.41) is 6.52. The van der Waals surface area contributed by atoms with Gasteiger partial charge in [0.25, 0.3) is 0 Å². The maximum absolute atomic E-state index is 13.9. The average molecular weight is 407 g/mol. The van der Waals surface area contributed by atoms with Crippen molar-refractivity contribution in [3.63, 3.8) is 0 Å². The molecule has 1 aromatic rings. The molecule has 0 spiro atoms. The van der Waals surface area contributed by atoms with Gasteiger partial charge in [0, 0.05) is 25.6 Å². The van der Waals surface area contributed by atoms with Gasteiger partial charge in [-0.05, 0) is 17.5 Å². The van der Waals surface area contributed by atoms with Crippen LogP contribution in [0.1, 0.15) is 33.3 Å². The van der Waals surface area contributed by atoms with Crippen LogP contribution in [0.3, 0.4) is 0 Å². The van der Waals surface area contributed by atoms with Crippen LogP contribution in [0.2, 0.25) is 0 Å². The van der Waals surface area contributed by atoms with Gasteiger partial charge in [-0.25, -0.2) is 4.39 Å². The van der Waals surface area contributed by atoms with Gasteiger partial charge in [0.2, 0.25) is 0 Å². The van der Waals surface area contributed by atoms with Gasteiger partial charge in [0.1, 0.15) is 5.82 Å². The van der Waals surface area contributed by atoms with E-state index in [0.717, 1.165) is 12.5 Å². The summed E-state index contributed by atoms with van der Waals surface area (Å²) in [5.41, 5.74) is 0.410. The van der Waals surface area contributed by atoms with E-state index in [1.165, 1.54) is 6.07 Å². The summed E-state index contributed by atoms with van der Waals surface area (Å²) >= 11 is 0. The first kappa shape index (κ1) is 20.1. The number of guanidine groups is 1. The van der Waals surface area contributed by atoms with Gasteiger partial charge in [-0.15, -0.1) is 24.0 Å². The smallest absolute Gasteiger partial charge is 0.191 e. The third-order valence-electron chi connectivity index (χ3n) is 3.20. The molecule has 0 aliphatic heterocycles. The molecule has 3 nitrogen and oxygen atoms in total. The first-order valence-electron chi connectivity index (χ1n) is 7.06. The standard InChI is InChI=1S/C16H26FN3.HI/c1-12(2)10-19-15(18-5)20-11-16(3,4)13-8-6-7-9-14(13)17;/h6-9,12H,10-11H2,1-5H3,(H2,18,19,20);1H. The first-order valence-corrected chi connectivity index (χ1v) is 7.06. The van der Waals surface area contributed by atoms with Crippen LogP contribution >= 0.6 is 24.0 Å². The Labute approximate surface area is 144 Å². The van der Waals surface area contributed by atoms with Crippen molar-refractivity contribution >= 4 is 29.9 Å². The molecule has 0 atom stereocenters. The van der Waals surface area contributed by atoms with Crippen molar-refractivity contribution in [2.45, 2.75) is 33.1 Å². The first-order chi connectivity index (χ1) is 9.36. The molecule has 0 aliphatic rings. The molecule has 0 unspecified atom stereocenters. The largest absolute Gasteiger partial charge is 0.356 e. The van der Waals surface area contributed by atoms with E-state index in [4.69, 9.17) is 0 Å². The van der Waals surface area contributed by atoms with Crippen molar-refractivity contribution in [2.24, 2.45) is 10.9 Å². The minimum Gasteiger partial charge on any atom is -0.356 e. The molecule has 1 rings (SSSR count). The molecule has 2 N–H and O–H groups in total. The van der Waals surface area contributed by atoms with Crippen LogP contribution in [-0.2, 0) is 5.41 Å². The summed E-state index contributed by atoms with van der Waals surface area (Å²) in [6, 6.07) is 6.92. The number of rotatable bonds is 5. The second-order valence-electron chi connectivity index (χ2n) is 6.06. The quantitative estimate of drug-likeness (QED) is 0.445. The summed E-state index contributed by atoms with van der Waals surface area (Å²) in [4.78, 5) is 4.18. The highest BCUT2D eigenvalue weighted by molar-refractivity contribution is 14.0. The van der Waals surface area contributed by atoms with Crippen LogP contribution in [-0.4, -0.2) is 26.1 Å². The normalized spacial score (nSPS) is 12.0. The molecule has 21 heavy (non-hydrogen) atoms. The molecular weight excluding hydrogens is 380 g/mol.